The zero-order valence-corrected chi connectivity index (χ0v) is 7.38. The fraction of sp³-hybridized carbons (Fsp3) is 0.667. The van der Waals surface area contributed by atoms with Crippen LogP contribution in [0.25, 0.3) is 0 Å². The van der Waals surface area contributed by atoms with E-state index >= 15 is 0 Å². The summed E-state index contributed by atoms with van der Waals surface area (Å²) in [6, 6.07) is 0. The lowest BCUT2D eigenvalue weighted by molar-refractivity contribution is 0.317. The zero-order valence-electron chi connectivity index (χ0n) is 7.38. The van der Waals surface area contributed by atoms with Gasteiger partial charge in [0.05, 0.1) is 5.71 Å². The maximum absolute atomic E-state index is 8.44. The van der Waals surface area contributed by atoms with Crippen molar-refractivity contribution in [3.63, 3.8) is 0 Å². The molecule has 0 aromatic heterocycles. The minimum Gasteiger partial charge on any atom is -0.411 e. The summed E-state index contributed by atoms with van der Waals surface area (Å²) in [4.78, 5) is 0. The number of unbranched alkanes of at least 4 members (excludes halogenated alkanes) is 1. The average molecular weight is 155 g/mol. The van der Waals surface area contributed by atoms with Crippen LogP contribution in [0.15, 0.2) is 17.3 Å². The van der Waals surface area contributed by atoms with Gasteiger partial charge in [0.1, 0.15) is 0 Å². The lowest BCUT2D eigenvalue weighted by Crippen LogP contribution is -1.92. The topological polar surface area (TPSA) is 32.6 Å². The molecule has 0 spiro atoms. The fourth-order valence-electron chi connectivity index (χ4n) is 0.760. The van der Waals surface area contributed by atoms with E-state index in [0.717, 1.165) is 25.0 Å². The van der Waals surface area contributed by atoms with Gasteiger partial charge in [0.2, 0.25) is 0 Å². The van der Waals surface area contributed by atoms with Gasteiger partial charge in [-0.3, -0.25) is 0 Å². The molecule has 0 aliphatic carbocycles. The van der Waals surface area contributed by atoms with E-state index in [1.54, 1.807) is 0 Å². The standard InChI is InChI=1S/C9H17NO/c1-3-5-6-7-8-9(4-2)10-11/h6-7,11H,3-5,8H2,1-2H3. The van der Waals surface area contributed by atoms with Gasteiger partial charge >= 0.3 is 0 Å². The molecule has 0 aromatic carbocycles. The van der Waals surface area contributed by atoms with Crippen molar-refractivity contribution in [2.24, 2.45) is 5.16 Å². The first-order chi connectivity index (χ1) is 5.35. The Morgan fingerprint density at radius 3 is 2.55 bits per heavy atom. The van der Waals surface area contributed by atoms with Crippen molar-refractivity contribution in [3.8, 4) is 0 Å². The van der Waals surface area contributed by atoms with Crippen LogP contribution in [0.3, 0.4) is 0 Å². The molecule has 0 saturated heterocycles. The summed E-state index contributed by atoms with van der Waals surface area (Å²) in [6.45, 7) is 4.13. The highest BCUT2D eigenvalue weighted by Gasteiger charge is 1.90. The second kappa shape index (κ2) is 7.32. The molecular weight excluding hydrogens is 138 g/mol. The van der Waals surface area contributed by atoms with E-state index in [0.29, 0.717) is 0 Å². The van der Waals surface area contributed by atoms with Crippen LogP contribution in [0.2, 0.25) is 0 Å². The van der Waals surface area contributed by atoms with Crippen LogP contribution in [-0.4, -0.2) is 10.9 Å². The minimum atomic E-state index is 0.785. The smallest absolute Gasteiger partial charge is 0.0605 e. The van der Waals surface area contributed by atoms with Crippen LogP contribution in [0.4, 0.5) is 0 Å². The van der Waals surface area contributed by atoms with Crippen molar-refractivity contribution in [1.82, 2.24) is 0 Å². The summed E-state index contributed by atoms with van der Waals surface area (Å²) >= 11 is 0. The molecule has 0 unspecified atom stereocenters. The number of hydrogen-bond acceptors (Lipinski definition) is 2. The van der Waals surface area contributed by atoms with Gasteiger partial charge in [-0.1, -0.05) is 37.6 Å². The number of oxime groups is 1. The molecule has 0 bridgehead atoms. The molecule has 0 heterocycles. The lowest BCUT2D eigenvalue weighted by Gasteiger charge is -1.93. The van der Waals surface area contributed by atoms with Crippen molar-refractivity contribution >= 4 is 5.71 Å². The highest BCUT2D eigenvalue weighted by molar-refractivity contribution is 5.84. The summed E-state index contributed by atoms with van der Waals surface area (Å²) in [7, 11) is 0. The SMILES string of the molecule is CCCC=CCC(CC)=NO. The molecule has 2 heteroatoms. The van der Waals surface area contributed by atoms with Crippen LogP contribution in [0.1, 0.15) is 39.5 Å². The Hall–Kier alpha value is -0.790. The predicted molar refractivity (Wildman–Crippen MR) is 48.2 cm³/mol. The number of rotatable bonds is 5. The van der Waals surface area contributed by atoms with Crippen LogP contribution in [-0.2, 0) is 0 Å². The maximum atomic E-state index is 8.44. The van der Waals surface area contributed by atoms with Gasteiger partial charge in [-0.05, 0) is 12.8 Å². The molecule has 0 radical (unpaired) electrons. The molecule has 0 rings (SSSR count). The summed E-state index contributed by atoms with van der Waals surface area (Å²) in [5.41, 5.74) is 0.845. The number of nitrogens with zero attached hydrogens (tertiary/aromatic N) is 1. The molecule has 64 valence electrons. The number of allylic oxidation sites excluding steroid dienone is 2. The van der Waals surface area contributed by atoms with Crippen LogP contribution in [0.5, 0.6) is 0 Å². The molecule has 0 aromatic rings. The summed E-state index contributed by atoms with van der Waals surface area (Å²) in [6.07, 6.45) is 8.08. The van der Waals surface area contributed by atoms with Gasteiger partial charge in [0.25, 0.3) is 0 Å². The Bertz CT molecular complexity index is 138. The summed E-state index contributed by atoms with van der Waals surface area (Å²) in [5.74, 6) is 0. The average Bonchev–Trinajstić information content (AvgIpc) is 2.05. The van der Waals surface area contributed by atoms with Crippen molar-refractivity contribution in [2.75, 3.05) is 0 Å². The van der Waals surface area contributed by atoms with E-state index < -0.39 is 0 Å². The third-order valence-electron chi connectivity index (χ3n) is 1.53. The molecular formula is C9H17NO. The van der Waals surface area contributed by atoms with E-state index in [1.807, 2.05) is 6.92 Å². The van der Waals surface area contributed by atoms with Crippen LogP contribution >= 0.6 is 0 Å². The highest BCUT2D eigenvalue weighted by Crippen LogP contribution is 1.96. The Kier molecular flexibility index (Phi) is 6.79. The maximum Gasteiger partial charge on any atom is 0.0605 e. The first-order valence-electron chi connectivity index (χ1n) is 4.19. The Labute approximate surface area is 68.6 Å². The normalized spacial score (nSPS) is 12.7. The van der Waals surface area contributed by atoms with Crippen molar-refractivity contribution in [1.29, 1.82) is 0 Å². The first-order valence-corrected chi connectivity index (χ1v) is 4.19. The first kappa shape index (κ1) is 10.2. The van der Waals surface area contributed by atoms with E-state index in [9.17, 15) is 0 Å². The zero-order chi connectivity index (χ0) is 8.53. The van der Waals surface area contributed by atoms with E-state index in [-0.39, 0.29) is 0 Å². The second-order valence-electron chi connectivity index (χ2n) is 2.48. The fourth-order valence-corrected chi connectivity index (χ4v) is 0.760. The van der Waals surface area contributed by atoms with Crippen molar-refractivity contribution in [2.45, 2.75) is 39.5 Å². The van der Waals surface area contributed by atoms with E-state index in [2.05, 4.69) is 24.2 Å². The van der Waals surface area contributed by atoms with Crippen molar-refractivity contribution < 1.29 is 5.21 Å². The van der Waals surface area contributed by atoms with Crippen LogP contribution < -0.4 is 0 Å². The van der Waals surface area contributed by atoms with E-state index in [4.69, 9.17) is 5.21 Å². The molecule has 0 aliphatic heterocycles. The van der Waals surface area contributed by atoms with Gasteiger partial charge in [-0.25, -0.2) is 0 Å². The van der Waals surface area contributed by atoms with Crippen LogP contribution in [0, 0.1) is 0 Å². The quantitative estimate of drug-likeness (QED) is 0.281. The molecule has 1 N–H and O–H groups in total. The van der Waals surface area contributed by atoms with Gasteiger partial charge in [0.15, 0.2) is 0 Å². The second-order valence-corrected chi connectivity index (χ2v) is 2.48. The Morgan fingerprint density at radius 1 is 1.36 bits per heavy atom. The minimum absolute atomic E-state index is 0.785. The number of hydrogen-bond donors (Lipinski definition) is 1. The van der Waals surface area contributed by atoms with Gasteiger partial charge < -0.3 is 5.21 Å². The summed E-state index contributed by atoms with van der Waals surface area (Å²) < 4.78 is 0. The summed E-state index contributed by atoms with van der Waals surface area (Å²) in [5, 5.41) is 11.6. The van der Waals surface area contributed by atoms with Crippen molar-refractivity contribution in [3.05, 3.63) is 12.2 Å². The monoisotopic (exact) mass is 155 g/mol. The van der Waals surface area contributed by atoms with Gasteiger partial charge in [-0.2, -0.15) is 0 Å². The predicted octanol–water partition coefficient (Wildman–Crippen LogP) is 2.97. The molecule has 0 amide bonds. The van der Waals surface area contributed by atoms with Gasteiger partial charge in [0, 0.05) is 6.42 Å². The lowest BCUT2D eigenvalue weighted by atomic mass is 10.2. The van der Waals surface area contributed by atoms with Gasteiger partial charge in [-0.15, -0.1) is 0 Å². The molecule has 0 atom stereocenters. The molecule has 11 heavy (non-hydrogen) atoms. The largest absolute Gasteiger partial charge is 0.411 e. The molecule has 0 fully saturated rings. The molecule has 2 nitrogen and oxygen atoms in total. The van der Waals surface area contributed by atoms with E-state index in [1.165, 1.54) is 6.42 Å². The Balaban J connectivity index is 3.50. The highest BCUT2D eigenvalue weighted by atomic mass is 16.4. The third kappa shape index (κ3) is 5.64. The Morgan fingerprint density at radius 2 is 2.09 bits per heavy atom. The molecule has 0 saturated carbocycles. The molecule has 0 aliphatic rings. The third-order valence-corrected chi connectivity index (χ3v) is 1.53.